The Balaban J connectivity index is 1.79. The molecule has 2 aliphatic rings. The largest absolute Gasteiger partial charge is 0.370 e. The lowest BCUT2D eigenvalue weighted by molar-refractivity contribution is -0.119. The number of hydrogen-bond donors (Lipinski definition) is 0. The smallest absolute Gasteiger partial charge is 0.237 e. The highest BCUT2D eigenvalue weighted by atomic mass is 16.5. The molecular formula is C11H14N2O3. The Labute approximate surface area is 93.2 Å². The van der Waals surface area contributed by atoms with Crippen molar-refractivity contribution in [1.82, 2.24) is 10.1 Å². The summed E-state index contributed by atoms with van der Waals surface area (Å²) in [6.07, 6.45) is 4.36. The van der Waals surface area contributed by atoms with Crippen LogP contribution in [0.5, 0.6) is 0 Å². The number of aromatic nitrogens is 2. The van der Waals surface area contributed by atoms with Gasteiger partial charge in [-0.05, 0) is 25.7 Å². The molecule has 1 saturated carbocycles. The molecule has 16 heavy (non-hydrogen) atoms. The van der Waals surface area contributed by atoms with Crippen LogP contribution in [0.3, 0.4) is 0 Å². The van der Waals surface area contributed by atoms with Gasteiger partial charge in [-0.1, -0.05) is 5.16 Å². The highest BCUT2D eigenvalue weighted by molar-refractivity contribution is 5.86. The minimum atomic E-state index is -0.164. The zero-order valence-electron chi connectivity index (χ0n) is 9.02. The van der Waals surface area contributed by atoms with E-state index < -0.39 is 0 Å². The molecule has 0 spiro atoms. The minimum absolute atomic E-state index is 0.0333. The van der Waals surface area contributed by atoms with Crippen molar-refractivity contribution in [2.45, 2.75) is 44.1 Å². The second-order valence-corrected chi connectivity index (χ2v) is 4.40. The van der Waals surface area contributed by atoms with Crippen LogP contribution in [0, 0.1) is 0 Å². The van der Waals surface area contributed by atoms with E-state index in [0.717, 1.165) is 32.3 Å². The number of ether oxygens (including phenoxy) is 1. The number of hydrogen-bond acceptors (Lipinski definition) is 5. The number of nitrogens with zero attached hydrogens (tertiary/aromatic N) is 2. The van der Waals surface area contributed by atoms with Crippen molar-refractivity contribution >= 4 is 5.78 Å². The number of rotatable bonds is 2. The predicted molar refractivity (Wildman–Crippen MR) is 53.8 cm³/mol. The number of Topliss-reactive ketones (excluding diaryl/α,β-unsaturated/α-hetero) is 1. The summed E-state index contributed by atoms with van der Waals surface area (Å²) in [6.45, 7) is 0.761. The summed E-state index contributed by atoms with van der Waals surface area (Å²) in [5.41, 5.74) is 0. The molecule has 2 heterocycles. The molecule has 1 saturated heterocycles. The van der Waals surface area contributed by atoms with Crippen molar-refractivity contribution in [3.05, 3.63) is 11.7 Å². The lowest BCUT2D eigenvalue weighted by Gasteiger charge is -2.01. The molecule has 5 heteroatoms. The SMILES string of the molecule is O=C1CCCC1c1nc(C2CCCO2)no1. The maximum absolute atomic E-state index is 11.5. The van der Waals surface area contributed by atoms with Crippen LogP contribution in [0.2, 0.25) is 0 Å². The molecule has 1 aliphatic carbocycles. The highest BCUT2D eigenvalue weighted by Crippen LogP contribution is 2.32. The fourth-order valence-corrected chi connectivity index (χ4v) is 2.38. The normalized spacial score (nSPS) is 30.1. The molecule has 0 radical (unpaired) electrons. The van der Waals surface area contributed by atoms with Gasteiger partial charge in [0.05, 0.1) is 5.92 Å². The average Bonchev–Trinajstić information content (AvgIpc) is 2.96. The molecule has 0 bridgehead atoms. The van der Waals surface area contributed by atoms with Gasteiger partial charge in [-0.3, -0.25) is 4.79 Å². The lowest BCUT2D eigenvalue weighted by atomic mass is 10.1. The van der Waals surface area contributed by atoms with Gasteiger partial charge in [0.25, 0.3) is 0 Å². The summed E-state index contributed by atoms with van der Waals surface area (Å²) in [5, 5.41) is 3.91. The zero-order chi connectivity index (χ0) is 11.0. The van der Waals surface area contributed by atoms with E-state index in [-0.39, 0.29) is 17.8 Å². The fourth-order valence-electron chi connectivity index (χ4n) is 2.38. The van der Waals surface area contributed by atoms with Crippen LogP contribution in [0.4, 0.5) is 0 Å². The predicted octanol–water partition coefficient (Wildman–Crippen LogP) is 1.76. The van der Waals surface area contributed by atoms with Crippen LogP contribution in [0.25, 0.3) is 0 Å². The molecule has 1 aliphatic heterocycles. The van der Waals surface area contributed by atoms with E-state index in [1.54, 1.807) is 0 Å². The Morgan fingerprint density at radius 3 is 2.88 bits per heavy atom. The Kier molecular flexibility index (Phi) is 2.47. The molecule has 2 atom stereocenters. The molecule has 2 unspecified atom stereocenters. The van der Waals surface area contributed by atoms with E-state index in [2.05, 4.69) is 10.1 Å². The molecule has 0 aromatic carbocycles. The quantitative estimate of drug-likeness (QED) is 0.762. The monoisotopic (exact) mass is 222 g/mol. The van der Waals surface area contributed by atoms with Gasteiger partial charge in [-0.2, -0.15) is 4.98 Å². The Hall–Kier alpha value is -1.23. The van der Waals surface area contributed by atoms with Gasteiger partial charge in [0, 0.05) is 13.0 Å². The second-order valence-electron chi connectivity index (χ2n) is 4.40. The molecule has 5 nitrogen and oxygen atoms in total. The van der Waals surface area contributed by atoms with Crippen LogP contribution >= 0.6 is 0 Å². The summed E-state index contributed by atoms with van der Waals surface area (Å²) < 4.78 is 10.6. The number of carbonyl (C=O) groups excluding carboxylic acids is 1. The van der Waals surface area contributed by atoms with Crippen LogP contribution < -0.4 is 0 Å². The van der Waals surface area contributed by atoms with E-state index in [4.69, 9.17) is 9.26 Å². The standard InChI is InChI=1S/C11H14N2O3/c14-8-4-1-3-7(8)11-12-10(13-16-11)9-5-2-6-15-9/h7,9H,1-6H2. The minimum Gasteiger partial charge on any atom is -0.370 e. The third-order valence-electron chi connectivity index (χ3n) is 3.28. The van der Waals surface area contributed by atoms with Crippen LogP contribution in [0.1, 0.15) is 55.8 Å². The fraction of sp³-hybridized carbons (Fsp3) is 0.727. The van der Waals surface area contributed by atoms with Crippen LogP contribution in [-0.2, 0) is 9.53 Å². The summed E-state index contributed by atoms with van der Waals surface area (Å²) >= 11 is 0. The summed E-state index contributed by atoms with van der Waals surface area (Å²) in [7, 11) is 0. The molecule has 3 rings (SSSR count). The van der Waals surface area contributed by atoms with Crippen molar-refractivity contribution in [1.29, 1.82) is 0 Å². The molecule has 86 valence electrons. The van der Waals surface area contributed by atoms with Crippen LogP contribution in [-0.4, -0.2) is 22.5 Å². The van der Waals surface area contributed by atoms with Gasteiger partial charge in [-0.15, -0.1) is 0 Å². The van der Waals surface area contributed by atoms with Gasteiger partial charge in [0.1, 0.15) is 11.9 Å². The van der Waals surface area contributed by atoms with E-state index in [9.17, 15) is 4.79 Å². The molecular weight excluding hydrogens is 208 g/mol. The van der Waals surface area contributed by atoms with Crippen molar-refractivity contribution in [2.75, 3.05) is 6.61 Å². The van der Waals surface area contributed by atoms with Crippen LogP contribution in [0.15, 0.2) is 4.52 Å². The first-order chi connectivity index (χ1) is 7.84. The molecule has 1 aromatic heterocycles. The van der Waals surface area contributed by atoms with Gasteiger partial charge < -0.3 is 9.26 Å². The van der Waals surface area contributed by atoms with Gasteiger partial charge >= 0.3 is 0 Å². The highest BCUT2D eigenvalue weighted by Gasteiger charge is 2.32. The number of carbonyl (C=O) groups is 1. The first-order valence-electron chi connectivity index (χ1n) is 5.82. The Bertz CT molecular complexity index is 396. The summed E-state index contributed by atoms with van der Waals surface area (Å²) in [4.78, 5) is 15.8. The second kappa shape index (κ2) is 3.97. The molecule has 2 fully saturated rings. The van der Waals surface area contributed by atoms with E-state index in [1.165, 1.54) is 0 Å². The number of ketones is 1. The maximum atomic E-state index is 11.5. The average molecular weight is 222 g/mol. The first-order valence-corrected chi connectivity index (χ1v) is 5.82. The van der Waals surface area contributed by atoms with E-state index >= 15 is 0 Å². The van der Waals surface area contributed by atoms with Crippen molar-refractivity contribution in [3.63, 3.8) is 0 Å². The van der Waals surface area contributed by atoms with E-state index in [0.29, 0.717) is 18.1 Å². The molecule has 1 aromatic rings. The Morgan fingerprint density at radius 1 is 1.25 bits per heavy atom. The summed E-state index contributed by atoms with van der Waals surface area (Å²) in [6, 6.07) is 0. The maximum Gasteiger partial charge on any atom is 0.237 e. The molecule has 0 N–H and O–H groups in total. The van der Waals surface area contributed by atoms with Crippen molar-refractivity contribution < 1.29 is 14.1 Å². The van der Waals surface area contributed by atoms with Crippen molar-refractivity contribution in [2.24, 2.45) is 0 Å². The third-order valence-corrected chi connectivity index (χ3v) is 3.28. The third kappa shape index (κ3) is 1.65. The Morgan fingerprint density at radius 2 is 2.19 bits per heavy atom. The van der Waals surface area contributed by atoms with E-state index in [1.807, 2.05) is 0 Å². The topological polar surface area (TPSA) is 65.2 Å². The van der Waals surface area contributed by atoms with Gasteiger partial charge in [0.15, 0.2) is 0 Å². The van der Waals surface area contributed by atoms with Crippen molar-refractivity contribution in [3.8, 4) is 0 Å². The summed E-state index contributed by atoms with van der Waals surface area (Å²) in [5.74, 6) is 1.14. The van der Waals surface area contributed by atoms with Gasteiger partial charge in [0.2, 0.25) is 11.7 Å². The first kappa shape index (κ1) is 9.96. The lowest BCUT2D eigenvalue weighted by Crippen LogP contribution is -2.05. The molecule has 0 amide bonds. The zero-order valence-corrected chi connectivity index (χ0v) is 9.02. The van der Waals surface area contributed by atoms with Gasteiger partial charge in [-0.25, -0.2) is 0 Å².